The molecule has 134 valence electrons. The Morgan fingerprint density at radius 3 is 2.54 bits per heavy atom. The first-order chi connectivity index (χ1) is 12.6. The molecule has 1 aliphatic heterocycles. The molecular weight excluding hydrogens is 336 g/mol. The van der Waals surface area contributed by atoms with Gasteiger partial charge < -0.3 is 15.1 Å². The van der Waals surface area contributed by atoms with Gasteiger partial charge in [0.2, 0.25) is 5.95 Å². The molecule has 4 rings (SSSR count). The summed E-state index contributed by atoms with van der Waals surface area (Å²) in [7, 11) is 2.02. The Morgan fingerprint density at radius 2 is 1.73 bits per heavy atom. The van der Waals surface area contributed by atoms with Gasteiger partial charge in [0.05, 0.1) is 16.9 Å². The number of aromatic nitrogens is 2. The zero-order chi connectivity index (χ0) is 18.1. The van der Waals surface area contributed by atoms with Crippen molar-refractivity contribution in [3.63, 3.8) is 0 Å². The van der Waals surface area contributed by atoms with Crippen LogP contribution in [-0.4, -0.2) is 48.1 Å². The molecule has 1 aromatic heterocycles. The third kappa shape index (κ3) is 3.17. The largest absolute Gasteiger partial charge is 0.367 e. The lowest BCUT2D eigenvalue weighted by atomic mass is 10.2. The second-order valence-electron chi connectivity index (χ2n) is 6.43. The molecule has 26 heavy (non-hydrogen) atoms. The van der Waals surface area contributed by atoms with E-state index in [4.69, 9.17) is 0 Å². The molecule has 0 atom stereocenters. The van der Waals surface area contributed by atoms with Gasteiger partial charge in [0, 0.05) is 37.8 Å². The summed E-state index contributed by atoms with van der Waals surface area (Å²) >= 11 is 0. The van der Waals surface area contributed by atoms with Gasteiger partial charge in [-0.15, -0.1) is 0 Å². The maximum absolute atomic E-state index is 14.6. The third-order valence-corrected chi connectivity index (χ3v) is 4.64. The lowest BCUT2D eigenvalue weighted by molar-refractivity contribution is 0.311. The van der Waals surface area contributed by atoms with Crippen LogP contribution in [0, 0.1) is 11.6 Å². The van der Waals surface area contributed by atoms with Crippen LogP contribution in [0.2, 0.25) is 0 Å². The van der Waals surface area contributed by atoms with Crippen molar-refractivity contribution in [1.82, 2.24) is 14.9 Å². The van der Waals surface area contributed by atoms with E-state index in [1.165, 1.54) is 6.07 Å². The highest BCUT2D eigenvalue weighted by atomic mass is 19.2. The summed E-state index contributed by atoms with van der Waals surface area (Å²) in [5.74, 6) is -1.53. The van der Waals surface area contributed by atoms with Gasteiger partial charge in [-0.1, -0.05) is 18.2 Å². The average molecular weight is 355 g/mol. The van der Waals surface area contributed by atoms with Crippen LogP contribution in [0.5, 0.6) is 0 Å². The fourth-order valence-corrected chi connectivity index (χ4v) is 3.08. The van der Waals surface area contributed by atoms with Crippen molar-refractivity contribution in [2.24, 2.45) is 0 Å². The number of halogens is 2. The second kappa shape index (κ2) is 6.84. The number of piperazine rings is 1. The predicted octanol–water partition coefficient (Wildman–Crippen LogP) is 3.40. The summed E-state index contributed by atoms with van der Waals surface area (Å²) in [5, 5.41) is 3.66. The molecule has 0 unspecified atom stereocenters. The minimum atomic E-state index is -0.918. The average Bonchev–Trinajstić information content (AvgIpc) is 2.66. The van der Waals surface area contributed by atoms with Crippen LogP contribution in [0.25, 0.3) is 10.9 Å². The van der Waals surface area contributed by atoms with E-state index in [-0.39, 0.29) is 11.6 Å². The maximum Gasteiger partial charge on any atom is 0.227 e. The fourth-order valence-electron chi connectivity index (χ4n) is 3.08. The summed E-state index contributed by atoms with van der Waals surface area (Å²) in [6, 6.07) is 10.6. The lowest BCUT2D eigenvalue weighted by Crippen LogP contribution is -2.44. The van der Waals surface area contributed by atoms with E-state index in [0.717, 1.165) is 24.0 Å². The standard InChI is InChI=1S/C19H19F2N5/c1-25-8-10-26(11-9-25)16-7-6-15(17(20)18(16)21)24-19-22-12-13-4-2-3-5-14(13)23-19/h2-7,12H,8-11H2,1H3,(H,22,23,24). The van der Waals surface area contributed by atoms with E-state index in [1.807, 2.05) is 36.2 Å². The Hall–Kier alpha value is -2.80. The van der Waals surface area contributed by atoms with Crippen LogP contribution in [0.4, 0.5) is 26.1 Å². The molecule has 1 fully saturated rings. The summed E-state index contributed by atoms with van der Waals surface area (Å²) in [4.78, 5) is 12.5. The van der Waals surface area contributed by atoms with E-state index in [2.05, 4.69) is 20.2 Å². The predicted molar refractivity (Wildman–Crippen MR) is 98.9 cm³/mol. The minimum Gasteiger partial charge on any atom is -0.367 e. The topological polar surface area (TPSA) is 44.3 Å². The number of para-hydroxylation sites is 1. The summed E-state index contributed by atoms with van der Waals surface area (Å²) in [6.45, 7) is 3.00. The van der Waals surface area contributed by atoms with Crippen molar-refractivity contribution in [2.75, 3.05) is 43.4 Å². The number of benzene rings is 2. The van der Waals surface area contributed by atoms with E-state index in [0.29, 0.717) is 18.8 Å². The van der Waals surface area contributed by atoms with Gasteiger partial charge in [-0.3, -0.25) is 0 Å². The van der Waals surface area contributed by atoms with E-state index < -0.39 is 11.6 Å². The Morgan fingerprint density at radius 1 is 0.962 bits per heavy atom. The molecule has 7 heteroatoms. The van der Waals surface area contributed by atoms with E-state index in [1.54, 1.807) is 12.3 Å². The first-order valence-corrected chi connectivity index (χ1v) is 8.52. The van der Waals surface area contributed by atoms with Gasteiger partial charge in [0.25, 0.3) is 0 Å². The molecule has 3 aromatic rings. The van der Waals surface area contributed by atoms with E-state index >= 15 is 0 Å². The van der Waals surface area contributed by atoms with Crippen LogP contribution in [0.1, 0.15) is 0 Å². The molecule has 0 bridgehead atoms. The summed E-state index contributed by atoms with van der Waals surface area (Å²) < 4.78 is 29.2. The molecule has 5 nitrogen and oxygen atoms in total. The van der Waals surface area contributed by atoms with Gasteiger partial charge in [0.15, 0.2) is 11.6 Å². The van der Waals surface area contributed by atoms with Crippen LogP contribution < -0.4 is 10.2 Å². The lowest BCUT2D eigenvalue weighted by Gasteiger charge is -2.34. The van der Waals surface area contributed by atoms with Crippen molar-refractivity contribution in [3.8, 4) is 0 Å². The van der Waals surface area contributed by atoms with Gasteiger partial charge in [-0.05, 0) is 25.2 Å². The molecule has 0 aliphatic carbocycles. The number of hydrogen-bond donors (Lipinski definition) is 1. The first kappa shape index (κ1) is 16.7. The van der Waals surface area contributed by atoms with Gasteiger partial charge in [-0.25, -0.2) is 18.7 Å². The number of nitrogens with one attached hydrogen (secondary N) is 1. The van der Waals surface area contributed by atoms with Crippen LogP contribution in [0.15, 0.2) is 42.6 Å². The zero-order valence-corrected chi connectivity index (χ0v) is 14.4. The Kier molecular flexibility index (Phi) is 4.38. The van der Waals surface area contributed by atoms with Gasteiger partial charge in [-0.2, -0.15) is 0 Å². The molecule has 0 amide bonds. The number of anilines is 3. The molecule has 0 radical (unpaired) electrons. The molecule has 2 aromatic carbocycles. The van der Waals surface area contributed by atoms with E-state index in [9.17, 15) is 8.78 Å². The monoisotopic (exact) mass is 355 g/mol. The molecule has 1 saturated heterocycles. The van der Waals surface area contributed by atoms with Crippen LogP contribution >= 0.6 is 0 Å². The number of rotatable bonds is 3. The highest BCUT2D eigenvalue weighted by molar-refractivity contribution is 5.79. The van der Waals surface area contributed by atoms with Crippen molar-refractivity contribution in [2.45, 2.75) is 0 Å². The fraction of sp³-hybridized carbons (Fsp3) is 0.263. The normalized spacial score (nSPS) is 15.4. The van der Waals surface area contributed by atoms with Gasteiger partial charge >= 0.3 is 0 Å². The minimum absolute atomic E-state index is 0.0238. The van der Waals surface area contributed by atoms with Crippen LogP contribution in [0.3, 0.4) is 0 Å². The molecular formula is C19H19F2N5. The van der Waals surface area contributed by atoms with Crippen molar-refractivity contribution < 1.29 is 8.78 Å². The number of fused-ring (bicyclic) bond motifs is 1. The number of likely N-dealkylation sites (N-methyl/N-ethyl adjacent to an activating group) is 1. The zero-order valence-electron chi connectivity index (χ0n) is 14.4. The molecule has 0 saturated carbocycles. The Labute approximate surface area is 150 Å². The highest BCUT2D eigenvalue weighted by Gasteiger charge is 2.21. The molecule has 2 heterocycles. The maximum atomic E-state index is 14.6. The second-order valence-corrected chi connectivity index (χ2v) is 6.43. The van der Waals surface area contributed by atoms with Crippen molar-refractivity contribution in [1.29, 1.82) is 0 Å². The molecule has 1 N–H and O–H groups in total. The molecule has 1 aliphatic rings. The number of nitrogens with zero attached hydrogens (tertiary/aromatic N) is 4. The Bertz CT molecular complexity index is 938. The third-order valence-electron chi connectivity index (χ3n) is 4.64. The SMILES string of the molecule is CN1CCN(c2ccc(Nc3ncc4ccccc4n3)c(F)c2F)CC1. The quantitative estimate of drug-likeness (QED) is 0.780. The van der Waals surface area contributed by atoms with Crippen LogP contribution in [-0.2, 0) is 0 Å². The van der Waals surface area contributed by atoms with Gasteiger partial charge in [0.1, 0.15) is 0 Å². The smallest absolute Gasteiger partial charge is 0.227 e. The summed E-state index contributed by atoms with van der Waals surface area (Å²) in [6.07, 6.45) is 1.65. The van der Waals surface area contributed by atoms with Crippen molar-refractivity contribution in [3.05, 3.63) is 54.2 Å². The summed E-state index contributed by atoms with van der Waals surface area (Å²) in [5.41, 5.74) is 1.05. The number of hydrogen-bond acceptors (Lipinski definition) is 5. The molecule has 0 spiro atoms. The first-order valence-electron chi connectivity index (χ1n) is 8.52. The highest BCUT2D eigenvalue weighted by Crippen LogP contribution is 2.29. The van der Waals surface area contributed by atoms with Crippen molar-refractivity contribution >= 4 is 28.2 Å². The Balaban J connectivity index is 1.59.